The molecule has 0 atom stereocenters. The van der Waals surface area contributed by atoms with Gasteiger partial charge in [0.1, 0.15) is 5.82 Å². The van der Waals surface area contributed by atoms with Gasteiger partial charge in [0.2, 0.25) is 0 Å². The Morgan fingerprint density at radius 2 is 1.50 bits per heavy atom. The molecule has 0 aliphatic carbocycles. The maximum atomic E-state index is 13.0. The van der Waals surface area contributed by atoms with E-state index in [0.717, 1.165) is 38.0 Å². The summed E-state index contributed by atoms with van der Waals surface area (Å²) in [6.07, 6.45) is 2.53. The van der Waals surface area contributed by atoms with Gasteiger partial charge in [0, 0.05) is 19.5 Å². The molecule has 0 radical (unpaired) electrons. The van der Waals surface area contributed by atoms with Crippen molar-refractivity contribution in [2.45, 2.75) is 32.4 Å². The van der Waals surface area contributed by atoms with E-state index >= 15 is 0 Å². The molecule has 0 spiro atoms. The minimum atomic E-state index is -0.202. The average molecular weight is 296 g/mol. The zero-order chi connectivity index (χ0) is 15.6. The molecule has 0 unspecified atom stereocenters. The summed E-state index contributed by atoms with van der Waals surface area (Å²) >= 11 is 0. The summed E-state index contributed by atoms with van der Waals surface area (Å²) in [5.41, 5.74) is 2.38. The van der Waals surface area contributed by atoms with Crippen molar-refractivity contribution in [1.82, 2.24) is 4.90 Å². The van der Waals surface area contributed by atoms with Crippen molar-refractivity contribution < 1.29 is 4.39 Å². The topological polar surface area (TPSA) is 27.0 Å². The summed E-state index contributed by atoms with van der Waals surface area (Å²) < 4.78 is 13.0. The van der Waals surface area contributed by atoms with Gasteiger partial charge in [-0.2, -0.15) is 5.26 Å². The van der Waals surface area contributed by atoms with Crippen LogP contribution in [0.1, 0.15) is 30.4 Å². The van der Waals surface area contributed by atoms with E-state index < -0.39 is 0 Å². The monoisotopic (exact) mass is 296 g/mol. The van der Waals surface area contributed by atoms with Crippen LogP contribution in [0, 0.1) is 17.1 Å². The quantitative estimate of drug-likeness (QED) is 0.670. The van der Waals surface area contributed by atoms with Crippen LogP contribution in [0.5, 0.6) is 0 Å². The van der Waals surface area contributed by atoms with Crippen molar-refractivity contribution in [3.63, 3.8) is 0 Å². The van der Waals surface area contributed by atoms with Crippen molar-refractivity contribution in [2.24, 2.45) is 0 Å². The van der Waals surface area contributed by atoms with Crippen molar-refractivity contribution in [3.8, 4) is 6.07 Å². The lowest BCUT2D eigenvalue weighted by atomic mass is 10.1. The normalized spacial score (nSPS) is 10.6. The number of rotatable bonds is 8. The Morgan fingerprint density at radius 1 is 0.864 bits per heavy atom. The molecular weight excluding hydrogens is 275 g/mol. The fraction of sp³-hybridized carbons (Fsp3) is 0.316. The summed E-state index contributed by atoms with van der Waals surface area (Å²) in [7, 11) is 0. The molecule has 114 valence electrons. The van der Waals surface area contributed by atoms with E-state index in [1.165, 1.54) is 17.7 Å². The largest absolute Gasteiger partial charge is 0.295 e. The molecule has 3 heteroatoms. The highest BCUT2D eigenvalue weighted by Gasteiger charge is 2.07. The summed E-state index contributed by atoms with van der Waals surface area (Å²) in [6.45, 7) is 2.60. The predicted molar refractivity (Wildman–Crippen MR) is 86.4 cm³/mol. The minimum absolute atomic E-state index is 0.202. The van der Waals surface area contributed by atoms with Gasteiger partial charge in [-0.1, -0.05) is 42.5 Å². The number of hydrogen-bond acceptors (Lipinski definition) is 2. The van der Waals surface area contributed by atoms with Crippen LogP contribution >= 0.6 is 0 Å². The zero-order valence-corrected chi connectivity index (χ0v) is 12.7. The van der Waals surface area contributed by atoms with Gasteiger partial charge in [0.25, 0.3) is 0 Å². The van der Waals surface area contributed by atoms with Gasteiger partial charge in [-0.15, -0.1) is 0 Å². The van der Waals surface area contributed by atoms with E-state index in [2.05, 4.69) is 23.1 Å². The van der Waals surface area contributed by atoms with Gasteiger partial charge in [0.15, 0.2) is 0 Å². The van der Waals surface area contributed by atoms with Crippen LogP contribution in [-0.4, -0.2) is 11.4 Å². The third kappa shape index (κ3) is 5.67. The molecule has 0 amide bonds. The zero-order valence-electron chi connectivity index (χ0n) is 12.7. The molecule has 0 aromatic heterocycles. The molecule has 0 saturated carbocycles. The van der Waals surface area contributed by atoms with Crippen LogP contribution in [0.2, 0.25) is 0 Å². The Hall–Kier alpha value is -2.18. The lowest BCUT2D eigenvalue weighted by Gasteiger charge is -2.22. The highest BCUT2D eigenvalue weighted by molar-refractivity contribution is 5.17. The number of benzene rings is 2. The number of nitrogens with zero attached hydrogens (tertiary/aromatic N) is 2. The molecule has 0 bridgehead atoms. The van der Waals surface area contributed by atoms with E-state index in [9.17, 15) is 4.39 Å². The Balaban J connectivity index is 1.97. The second-order valence-corrected chi connectivity index (χ2v) is 5.44. The molecule has 0 heterocycles. The van der Waals surface area contributed by atoms with Crippen molar-refractivity contribution in [3.05, 3.63) is 71.5 Å². The second-order valence-electron chi connectivity index (χ2n) is 5.44. The van der Waals surface area contributed by atoms with E-state index in [1.54, 1.807) is 0 Å². The van der Waals surface area contributed by atoms with Crippen LogP contribution in [0.25, 0.3) is 0 Å². The summed E-state index contributed by atoms with van der Waals surface area (Å²) in [5, 5.41) is 8.63. The van der Waals surface area contributed by atoms with Gasteiger partial charge in [-0.05, 0) is 42.6 Å². The van der Waals surface area contributed by atoms with Gasteiger partial charge in [-0.25, -0.2) is 4.39 Å². The number of nitriles is 1. The van der Waals surface area contributed by atoms with Crippen molar-refractivity contribution in [2.75, 3.05) is 6.54 Å². The third-order valence-corrected chi connectivity index (χ3v) is 3.58. The predicted octanol–water partition coefficient (Wildman–Crippen LogP) is 4.52. The van der Waals surface area contributed by atoms with Crippen LogP contribution in [0.3, 0.4) is 0 Å². The minimum Gasteiger partial charge on any atom is -0.295 e. The molecule has 2 aromatic rings. The first-order valence-corrected chi connectivity index (χ1v) is 7.65. The Morgan fingerprint density at radius 3 is 2.14 bits per heavy atom. The first kappa shape index (κ1) is 16.2. The number of unbranched alkanes of at least 4 members (excludes halogenated alkanes) is 2. The maximum absolute atomic E-state index is 13.0. The molecular formula is C19H21FN2. The van der Waals surface area contributed by atoms with Crippen LogP contribution in [0.15, 0.2) is 54.6 Å². The molecule has 22 heavy (non-hydrogen) atoms. The molecule has 2 nitrogen and oxygen atoms in total. The van der Waals surface area contributed by atoms with Gasteiger partial charge in [-0.3, -0.25) is 4.90 Å². The first-order chi connectivity index (χ1) is 10.8. The van der Waals surface area contributed by atoms with Crippen LogP contribution in [-0.2, 0) is 13.1 Å². The summed E-state index contributed by atoms with van der Waals surface area (Å²) in [4.78, 5) is 2.35. The molecule has 0 saturated heterocycles. The summed E-state index contributed by atoms with van der Waals surface area (Å²) in [6, 6.07) is 19.2. The number of halogens is 1. The van der Waals surface area contributed by atoms with Gasteiger partial charge < -0.3 is 0 Å². The Bertz CT molecular complexity index is 587. The SMILES string of the molecule is N#CCCCCN(Cc1ccccc1)Cc1ccc(F)cc1. The van der Waals surface area contributed by atoms with E-state index in [1.807, 2.05) is 30.3 Å². The fourth-order valence-corrected chi connectivity index (χ4v) is 2.44. The molecule has 0 aliphatic heterocycles. The van der Waals surface area contributed by atoms with Crippen LogP contribution < -0.4 is 0 Å². The highest BCUT2D eigenvalue weighted by atomic mass is 19.1. The van der Waals surface area contributed by atoms with Gasteiger partial charge >= 0.3 is 0 Å². The fourth-order valence-electron chi connectivity index (χ4n) is 2.44. The average Bonchev–Trinajstić information content (AvgIpc) is 2.54. The summed E-state index contributed by atoms with van der Waals surface area (Å²) in [5.74, 6) is -0.202. The molecule has 2 aromatic carbocycles. The first-order valence-electron chi connectivity index (χ1n) is 7.65. The van der Waals surface area contributed by atoms with Crippen molar-refractivity contribution in [1.29, 1.82) is 5.26 Å². The second kappa shape index (κ2) is 8.96. The van der Waals surface area contributed by atoms with Gasteiger partial charge in [0.05, 0.1) is 6.07 Å². The van der Waals surface area contributed by atoms with E-state index in [-0.39, 0.29) is 5.82 Å². The molecule has 2 rings (SSSR count). The van der Waals surface area contributed by atoms with E-state index in [0.29, 0.717) is 6.42 Å². The standard InChI is InChI=1S/C19H21FN2/c20-19-11-9-18(10-12-19)16-22(14-6-2-5-13-21)15-17-7-3-1-4-8-17/h1,3-4,7-12H,2,5-6,14-16H2. The smallest absolute Gasteiger partial charge is 0.123 e. The Labute approximate surface area is 131 Å². The van der Waals surface area contributed by atoms with Crippen LogP contribution in [0.4, 0.5) is 4.39 Å². The maximum Gasteiger partial charge on any atom is 0.123 e. The lowest BCUT2D eigenvalue weighted by molar-refractivity contribution is 0.251. The van der Waals surface area contributed by atoms with Crippen molar-refractivity contribution >= 4 is 0 Å². The third-order valence-electron chi connectivity index (χ3n) is 3.58. The molecule has 0 aliphatic rings. The molecule has 0 N–H and O–H groups in total. The van der Waals surface area contributed by atoms with E-state index in [4.69, 9.17) is 5.26 Å². The highest BCUT2D eigenvalue weighted by Crippen LogP contribution is 2.12. The number of hydrogen-bond donors (Lipinski definition) is 0. The lowest BCUT2D eigenvalue weighted by Crippen LogP contribution is -2.24. The Kier molecular flexibility index (Phi) is 6.60. The molecule has 0 fully saturated rings.